The Bertz CT molecular complexity index is 688. The number of anilines is 1. The van der Waals surface area contributed by atoms with Crippen molar-refractivity contribution in [1.29, 1.82) is 0 Å². The molecule has 0 aliphatic rings. The zero-order chi connectivity index (χ0) is 16.3. The minimum Gasteiger partial charge on any atom is -0.462 e. The maximum absolute atomic E-state index is 13.7. The van der Waals surface area contributed by atoms with Gasteiger partial charge in [-0.25, -0.2) is 18.6 Å². The number of hydrogen-bond acceptors (Lipinski definition) is 5. The van der Waals surface area contributed by atoms with Crippen molar-refractivity contribution in [1.82, 2.24) is 4.98 Å². The van der Waals surface area contributed by atoms with E-state index >= 15 is 0 Å². The second-order valence-electron chi connectivity index (χ2n) is 4.69. The number of hydrogen-bond donors (Lipinski definition) is 1. The normalized spacial score (nSPS) is 12.0. The minimum absolute atomic E-state index is 0.288. The van der Waals surface area contributed by atoms with E-state index in [1.54, 1.807) is 20.8 Å². The molecule has 1 N–H and O–H groups in total. The first-order valence-electron chi connectivity index (χ1n) is 6.78. The summed E-state index contributed by atoms with van der Waals surface area (Å²) < 4.78 is 31.6. The zero-order valence-electron chi connectivity index (χ0n) is 12.4. The van der Waals surface area contributed by atoms with Gasteiger partial charge in [0.25, 0.3) is 0 Å². The summed E-state index contributed by atoms with van der Waals surface area (Å²) in [6.45, 7) is 5.46. The third-order valence-electron chi connectivity index (χ3n) is 3.03. The van der Waals surface area contributed by atoms with Crippen molar-refractivity contribution in [2.24, 2.45) is 0 Å². The summed E-state index contributed by atoms with van der Waals surface area (Å²) in [5, 5.41) is 3.50. The van der Waals surface area contributed by atoms with Crippen molar-refractivity contribution in [3.8, 4) is 0 Å². The number of carbonyl (C=O) groups is 1. The highest BCUT2D eigenvalue weighted by atomic mass is 32.1. The topological polar surface area (TPSA) is 51.2 Å². The summed E-state index contributed by atoms with van der Waals surface area (Å²) in [5.41, 5.74) is 0.879. The summed E-state index contributed by atoms with van der Waals surface area (Å²) in [7, 11) is 0. The van der Waals surface area contributed by atoms with E-state index in [0.29, 0.717) is 21.3 Å². The summed E-state index contributed by atoms with van der Waals surface area (Å²) in [6, 6.07) is 3.01. The van der Waals surface area contributed by atoms with Crippen molar-refractivity contribution in [2.75, 3.05) is 11.9 Å². The van der Waals surface area contributed by atoms with Gasteiger partial charge in [0.15, 0.2) is 5.13 Å². The third kappa shape index (κ3) is 3.59. The van der Waals surface area contributed by atoms with Crippen LogP contribution >= 0.6 is 11.3 Å². The fourth-order valence-corrected chi connectivity index (χ4v) is 2.91. The number of aromatic nitrogens is 1. The molecule has 0 amide bonds. The van der Waals surface area contributed by atoms with Crippen molar-refractivity contribution >= 4 is 22.4 Å². The smallest absolute Gasteiger partial charge is 0.350 e. The largest absolute Gasteiger partial charge is 0.462 e. The molecule has 1 unspecified atom stereocenters. The molecule has 0 bridgehead atoms. The highest BCUT2D eigenvalue weighted by Crippen LogP contribution is 2.28. The first-order chi connectivity index (χ1) is 10.4. The molecule has 0 aliphatic carbocycles. The molecular formula is C15H16F2N2O2S. The average molecular weight is 326 g/mol. The van der Waals surface area contributed by atoms with Crippen molar-refractivity contribution < 1.29 is 18.3 Å². The van der Waals surface area contributed by atoms with Gasteiger partial charge in [0, 0.05) is 11.6 Å². The fourth-order valence-electron chi connectivity index (χ4n) is 1.96. The molecule has 0 saturated heterocycles. The lowest BCUT2D eigenvalue weighted by molar-refractivity contribution is 0.0531. The van der Waals surface area contributed by atoms with E-state index in [-0.39, 0.29) is 6.61 Å². The van der Waals surface area contributed by atoms with Crippen LogP contribution in [0.1, 0.15) is 40.8 Å². The Morgan fingerprint density at radius 2 is 2.18 bits per heavy atom. The number of rotatable bonds is 5. The van der Waals surface area contributed by atoms with Gasteiger partial charge >= 0.3 is 5.97 Å². The number of aryl methyl sites for hydroxylation is 1. The van der Waals surface area contributed by atoms with Gasteiger partial charge in [-0.3, -0.25) is 0 Å². The van der Waals surface area contributed by atoms with E-state index in [2.05, 4.69) is 10.3 Å². The highest BCUT2D eigenvalue weighted by Gasteiger charge is 2.18. The maximum atomic E-state index is 13.7. The number of halogens is 2. The Labute approximate surface area is 131 Å². The number of thiazole rings is 1. The lowest BCUT2D eigenvalue weighted by Crippen LogP contribution is -2.08. The van der Waals surface area contributed by atoms with Crippen LogP contribution in [0.25, 0.3) is 0 Å². The van der Waals surface area contributed by atoms with Crippen LogP contribution in [0.15, 0.2) is 18.2 Å². The molecule has 0 saturated carbocycles. The molecule has 22 heavy (non-hydrogen) atoms. The minimum atomic E-state index is -0.626. The lowest BCUT2D eigenvalue weighted by Gasteiger charge is -2.14. The molecule has 1 aromatic heterocycles. The Kier molecular flexibility index (Phi) is 5.07. The van der Waals surface area contributed by atoms with Crippen LogP contribution in [0, 0.1) is 18.6 Å². The van der Waals surface area contributed by atoms with E-state index < -0.39 is 23.6 Å². The van der Waals surface area contributed by atoms with Gasteiger partial charge in [-0.15, -0.1) is 0 Å². The number of benzene rings is 1. The van der Waals surface area contributed by atoms with E-state index in [0.717, 1.165) is 17.4 Å². The van der Waals surface area contributed by atoms with E-state index in [9.17, 15) is 13.6 Å². The Morgan fingerprint density at radius 1 is 1.45 bits per heavy atom. The Hall–Kier alpha value is -2.02. The second kappa shape index (κ2) is 6.83. The van der Waals surface area contributed by atoms with Gasteiger partial charge in [0.2, 0.25) is 0 Å². The first-order valence-corrected chi connectivity index (χ1v) is 7.60. The Balaban J connectivity index is 2.16. The van der Waals surface area contributed by atoms with Crippen LogP contribution in [0.4, 0.5) is 13.9 Å². The van der Waals surface area contributed by atoms with E-state index in [1.807, 2.05) is 0 Å². The summed E-state index contributed by atoms with van der Waals surface area (Å²) in [5.74, 6) is -1.67. The summed E-state index contributed by atoms with van der Waals surface area (Å²) in [6.07, 6.45) is 0. The van der Waals surface area contributed by atoms with Crippen LogP contribution in [0.3, 0.4) is 0 Å². The molecule has 0 aliphatic heterocycles. The molecule has 1 aromatic carbocycles. The zero-order valence-corrected chi connectivity index (χ0v) is 13.3. The molecule has 1 atom stereocenters. The molecule has 7 heteroatoms. The molecule has 118 valence electrons. The molecule has 0 fully saturated rings. The molecular weight excluding hydrogens is 310 g/mol. The Morgan fingerprint density at radius 3 is 2.82 bits per heavy atom. The van der Waals surface area contributed by atoms with Crippen molar-refractivity contribution in [3.05, 3.63) is 46.0 Å². The predicted molar refractivity (Wildman–Crippen MR) is 81.2 cm³/mol. The molecule has 2 aromatic rings. The second-order valence-corrected chi connectivity index (χ2v) is 5.68. The summed E-state index contributed by atoms with van der Waals surface area (Å²) >= 11 is 1.15. The maximum Gasteiger partial charge on any atom is 0.350 e. The number of carbonyl (C=O) groups excluding carboxylic acids is 1. The standard InChI is InChI=1S/C15H16F2N2O2S/c1-4-21-14(20)13-9(3)19-15(22-13)18-8(2)11-6-5-10(16)7-12(11)17/h5-8H,4H2,1-3H3,(H,18,19). The van der Waals surface area contributed by atoms with Crippen LogP contribution < -0.4 is 5.32 Å². The van der Waals surface area contributed by atoms with Crippen LogP contribution in [-0.2, 0) is 4.74 Å². The van der Waals surface area contributed by atoms with Crippen molar-refractivity contribution in [3.63, 3.8) is 0 Å². The van der Waals surface area contributed by atoms with Crippen LogP contribution in [-0.4, -0.2) is 17.6 Å². The monoisotopic (exact) mass is 326 g/mol. The SMILES string of the molecule is CCOC(=O)c1sc(NC(C)c2ccc(F)cc2F)nc1C. The van der Waals surface area contributed by atoms with Gasteiger partial charge in [-0.2, -0.15) is 0 Å². The van der Waals surface area contributed by atoms with Gasteiger partial charge < -0.3 is 10.1 Å². The number of nitrogens with one attached hydrogen (secondary N) is 1. The molecule has 2 rings (SSSR count). The summed E-state index contributed by atoms with van der Waals surface area (Å²) in [4.78, 5) is 16.4. The van der Waals surface area contributed by atoms with E-state index in [1.165, 1.54) is 12.1 Å². The van der Waals surface area contributed by atoms with Gasteiger partial charge in [0.05, 0.1) is 18.3 Å². The molecule has 0 radical (unpaired) electrons. The number of nitrogens with zero attached hydrogens (tertiary/aromatic N) is 1. The van der Waals surface area contributed by atoms with Crippen LogP contribution in [0.2, 0.25) is 0 Å². The van der Waals surface area contributed by atoms with Crippen molar-refractivity contribution in [2.45, 2.75) is 26.8 Å². The average Bonchev–Trinajstić information content (AvgIpc) is 2.79. The number of esters is 1. The van der Waals surface area contributed by atoms with Crippen LogP contribution in [0.5, 0.6) is 0 Å². The first kappa shape index (κ1) is 16.4. The molecule has 1 heterocycles. The third-order valence-corrected chi connectivity index (χ3v) is 4.10. The van der Waals surface area contributed by atoms with E-state index in [4.69, 9.17) is 4.74 Å². The lowest BCUT2D eigenvalue weighted by atomic mass is 10.1. The predicted octanol–water partition coefficient (Wildman–Crippen LogP) is 4.08. The van der Waals surface area contributed by atoms with Gasteiger partial charge in [-0.05, 0) is 26.8 Å². The van der Waals surface area contributed by atoms with Gasteiger partial charge in [-0.1, -0.05) is 17.4 Å². The molecule has 4 nitrogen and oxygen atoms in total. The number of ether oxygens (including phenoxy) is 1. The quantitative estimate of drug-likeness (QED) is 0.841. The van der Waals surface area contributed by atoms with Gasteiger partial charge in [0.1, 0.15) is 16.5 Å². The highest BCUT2D eigenvalue weighted by molar-refractivity contribution is 7.17. The fraction of sp³-hybridized carbons (Fsp3) is 0.333. The molecule has 0 spiro atoms.